The molecule has 1 saturated carbocycles. The Hall–Kier alpha value is -3.26. The van der Waals surface area contributed by atoms with Gasteiger partial charge in [-0.1, -0.05) is 44.0 Å². The molecule has 7 nitrogen and oxygen atoms in total. The smallest absolute Gasteiger partial charge is 0.341 e. The summed E-state index contributed by atoms with van der Waals surface area (Å²) in [6.45, 7) is 4.01. The third-order valence-corrected chi connectivity index (χ3v) is 7.12. The van der Waals surface area contributed by atoms with E-state index in [1.165, 1.54) is 18.2 Å². The van der Waals surface area contributed by atoms with Crippen LogP contribution in [0.15, 0.2) is 58.4 Å². The lowest BCUT2D eigenvalue weighted by Gasteiger charge is -2.35. The molecule has 0 radical (unpaired) electrons. The van der Waals surface area contributed by atoms with Crippen molar-refractivity contribution in [2.24, 2.45) is 10.9 Å². The van der Waals surface area contributed by atoms with Crippen molar-refractivity contribution >= 4 is 40.6 Å². The van der Waals surface area contributed by atoms with E-state index in [1.54, 1.807) is 18.2 Å². The summed E-state index contributed by atoms with van der Waals surface area (Å²) in [6.07, 6.45) is 6.21. The van der Waals surface area contributed by atoms with Gasteiger partial charge in [0.2, 0.25) is 0 Å². The van der Waals surface area contributed by atoms with E-state index in [-0.39, 0.29) is 11.9 Å². The van der Waals surface area contributed by atoms with Crippen molar-refractivity contribution in [3.8, 4) is 11.5 Å². The van der Waals surface area contributed by atoms with Gasteiger partial charge in [-0.2, -0.15) is 0 Å². The van der Waals surface area contributed by atoms with E-state index in [9.17, 15) is 9.59 Å². The molecule has 4 rings (SSSR count). The number of amides is 1. The lowest BCUT2D eigenvalue weighted by molar-refractivity contribution is -0.139. The zero-order valence-corrected chi connectivity index (χ0v) is 20.8. The first-order valence-corrected chi connectivity index (χ1v) is 12.8. The van der Waals surface area contributed by atoms with Crippen LogP contribution in [0.4, 0.5) is 5.69 Å². The number of carboxylic acids is 1. The van der Waals surface area contributed by atoms with Crippen LogP contribution >= 0.6 is 11.8 Å². The zero-order valence-electron chi connectivity index (χ0n) is 20.0. The number of carbonyl (C=O) groups is 2. The average Bonchev–Trinajstić information content (AvgIpc) is 3.14. The SMILES string of the molecule is CCOc1cc(/C=C2\SC(=Nc3ccccc3)N([C@H]3CCCC[C@@H]3C)C2=O)ccc1OCC(=O)O. The van der Waals surface area contributed by atoms with Crippen LogP contribution in [0.3, 0.4) is 0 Å². The largest absolute Gasteiger partial charge is 0.490 e. The quantitative estimate of drug-likeness (QED) is 0.472. The number of ether oxygens (including phenoxy) is 2. The van der Waals surface area contributed by atoms with Gasteiger partial charge in [0.05, 0.1) is 17.2 Å². The van der Waals surface area contributed by atoms with E-state index in [2.05, 4.69) is 6.92 Å². The van der Waals surface area contributed by atoms with Crippen molar-refractivity contribution in [3.63, 3.8) is 0 Å². The number of para-hydroxylation sites is 1. The maximum atomic E-state index is 13.6. The molecule has 2 aromatic carbocycles. The molecule has 2 aromatic rings. The van der Waals surface area contributed by atoms with Crippen LogP contribution < -0.4 is 9.47 Å². The zero-order chi connectivity index (χ0) is 24.8. The summed E-state index contributed by atoms with van der Waals surface area (Å²) in [5, 5.41) is 9.63. The van der Waals surface area contributed by atoms with Gasteiger partial charge in [0.1, 0.15) is 0 Å². The average molecular weight is 495 g/mol. The van der Waals surface area contributed by atoms with Gasteiger partial charge in [0.15, 0.2) is 23.3 Å². The minimum Gasteiger partial charge on any atom is -0.490 e. The molecule has 0 spiro atoms. The fourth-order valence-electron chi connectivity index (χ4n) is 4.44. The number of rotatable bonds is 8. The number of carbonyl (C=O) groups excluding carboxylic acids is 1. The highest BCUT2D eigenvalue weighted by Crippen LogP contribution is 2.40. The minimum absolute atomic E-state index is 0.0346. The summed E-state index contributed by atoms with van der Waals surface area (Å²) < 4.78 is 11.0. The Morgan fingerprint density at radius 3 is 2.63 bits per heavy atom. The highest BCUT2D eigenvalue weighted by atomic mass is 32.2. The molecule has 1 saturated heterocycles. The van der Waals surface area contributed by atoms with Gasteiger partial charge in [-0.15, -0.1) is 0 Å². The highest BCUT2D eigenvalue weighted by Gasteiger charge is 2.41. The maximum absolute atomic E-state index is 13.6. The normalized spacial score (nSPS) is 22.6. The fourth-order valence-corrected chi connectivity index (χ4v) is 5.49. The van der Waals surface area contributed by atoms with E-state index in [0.29, 0.717) is 34.1 Å². The van der Waals surface area contributed by atoms with Gasteiger partial charge < -0.3 is 14.6 Å². The molecule has 2 atom stereocenters. The molecule has 0 aromatic heterocycles. The maximum Gasteiger partial charge on any atom is 0.341 e. The topological polar surface area (TPSA) is 88.4 Å². The Morgan fingerprint density at radius 2 is 1.91 bits per heavy atom. The summed E-state index contributed by atoms with van der Waals surface area (Å²) >= 11 is 1.39. The Balaban J connectivity index is 1.67. The van der Waals surface area contributed by atoms with Crippen LogP contribution in [0.1, 0.15) is 45.1 Å². The third kappa shape index (κ3) is 6.06. The van der Waals surface area contributed by atoms with E-state index in [1.807, 2.05) is 48.2 Å². The van der Waals surface area contributed by atoms with Gasteiger partial charge in [0, 0.05) is 6.04 Å². The lowest BCUT2D eigenvalue weighted by Crippen LogP contribution is -2.44. The molecule has 1 aliphatic carbocycles. The number of hydrogen-bond acceptors (Lipinski definition) is 6. The van der Waals surface area contributed by atoms with Gasteiger partial charge in [-0.25, -0.2) is 9.79 Å². The molecule has 1 aliphatic heterocycles. The molecule has 8 heteroatoms. The van der Waals surface area contributed by atoms with Crippen molar-refractivity contribution in [3.05, 3.63) is 59.0 Å². The summed E-state index contributed by atoms with van der Waals surface area (Å²) in [5.74, 6) is 0.102. The van der Waals surface area contributed by atoms with E-state index < -0.39 is 12.6 Å². The summed E-state index contributed by atoms with van der Waals surface area (Å²) in [7, 11) is 0. The molecular weight excluding hydrogens is 464 g/mol. The Labute approximate surface area is 209 Å². The lowest BCUT2D eigenvalue weighted by atomic mass is 9.85. The van der Waals surface area contributed by atoms with Crippen molar-refractivity contribution < 1.29 is 24.2 Å². The summed E-state index contributed by atoms with van der Waals surface area (Å²) in [5.41, 5.74) is 1.58. The van der Waals surface area contributed by atoms with Crippen LogP contribution in [-0.2, 0) is 9.59 Å². The number of benzene rings is 2. The van der Waals surface area contributed by atoms with Crippen molar-refractivity contribution in [2.45, 2.75) is 45.6 Å². The molecule has 2 fully saturated rings. The monoisotopic (exact) mass is 494 g/mol. The van der Waals surface area contributed by atoms with E-state index in [4.69, 9.17) is 19.6 Å². The predicted molar refractivity (Wildman–Crippen MR) is 138 cm³/mol. The Kier molecular flexibility index (Phi) is 8.13. The second kappa shape index (κ2) is 11.4. The molecule has 184 valence electrons. The van der Waals surface area contributed by atoms with Crippen molar-refractivity contribution in [1.82, 2.24) is 4.90 Å². The van der Waals surface area contributed by atoms with E-state index >= 15 is 0 Å². The Morgan fingerprint density at radius 1 is 1.14 bits per heavy atom. The molecule has 0 unspecified atom stereocenters. The van der Waals surface area contributed by atoms with Gasteiger partial charge >= 0.3 is 5.97 Å². The second-order valence-electron chi connectivity index (χ2n) is 8.67. The number of aliphatic carboxylic acids is 1. The van der Waals surface area contributed by atoms with Gasteiger partial charge in [0.25, 0.3) is 5.91 Å². The number of thioether (sulfide) groups is 1. The molecule has 1 heterocycles. The standard InChI is InChI=1S/C27H30N2O5S/c1-3-33-23-15-19(13-14-22(23)34-17-25(30)31)16-24-26(32)29(21-12-8-7-9-18(21)2)27(35-24)28-20-10-5-4-6-11-20/h4-6,10-11,13-16,18,21H,3,7-9,12,17H2,1-2H3,(H,30,31)/b24-16-,28-27?/t18-,21-/m0/s1. The molecule has 2 aliphatic rings. The minimum atomic E-state index is -1.06. The highest BCUT2D eigenvalue weighted by molar-refractivity contribution is 8.18. The van der Waals surface area contributed by atoms with Crippen molar-refractivity contribution in [1.29, 1.82) is 0 Å². The van der Waals surface area contributed by atoms with Gasteiger partial charge in [-0.3, -0.25) is 9.69 Å². The van der Waals surface area contributed by atoms with Crippen molar-refractivity contribution in [2.75, 3.05) is 13.2 Å². The van der Waals surface area contributed by atoms with Crippen LogP contribution in [0, 0.1) is 5.92 Å². The van der Waals surface area contributed by atoms with Gasteiger partial charge in [-0.05, 0) is 73.4 Å². The predicted octanol–water partition coefficient (Wildman–Crippen LogP) is 5.73. The number of nitrogens with zero attached hydrogens (tertiary/aromatic N) is 2. The number of carboxylic acid groups (broad SMARTS) is 1. The van der Waals surface area contributed by atoms with Crippen LogP contribution in [-0.4, -0.2) is 46.3 Å². The number of amidine groups is 1. The fraction of sp³-hybridized carbons (Fsp3) is 0.370. The number of aliphatic imine (C=N–C) groups is 1. The Bertz CT molecular complexity index is 1130. The van der Waals surface area contributed by atoms with Crippen LogP contribution in [0.5, 0.6) is 11.5 Å². The molecule has 35 heavy (non-hydrogen) atoms. The molecular formula is C27H30N2O5S. The van der Waals surface area contributed by atoms with E-state index in [0.717, 1.165) is 30.5 Å². The number of hydrogen-bond donors (Lipinski definition) is 1. The summed E-state index contributed by atoms with van der Waals surface area (Å²) in [4.78, 5) is 31.9. The first-order valence-electron chi connectivity index (χ1n) is 11.9. The molecule has 1 amide bonds. The van der Waals surface area contributed by atoms with Crippen LogP contribution in [0.2, 0.25) is 0 Å². The molecule has 1 N–H and O–H groups in total. The third-order valence-electron chi connectivity index (χ3n) is 6.13. The second-order valence-corrected chi connectivity index (χ2v) is 9.68. The van der Waals surface area contributed by atoms with Crippen LogP contribution in [0.25, 0.3) is 6.08 Å². The summed E-state index contributed by atoms with van der Waals surface area (Å²) in [6, 6.07) is 15.1. The molecule has 0 bridgehead atoms. The first-order chi connectivity index (χ1) is 17.0. The first kappa shape index (κ1) is 24.9.